The number of nitrogens with zero attached hydrogens (tertiary/aromatic N) is 4. The number of likely N-dealkylation sites (tertiary alicyclic amines) is 1. The van der Waals surface area contributed by atoms with Crippen molar-refractivity contribution in [1.29, 1.82) is 0 Å². The lowest BCUT2D eigenvalue weighted by Crippen LogP contribution is -2.52. The van der Waals surface area contributed by atoms with E-state index in [1.54, 1.807) is 4.90 Å². The fourth-order valence-electron chi connectivity index (χ4n) is 7.78. The maximum absolute atomic E-state index is 13.3. The van der Waals surface area contributed by atoms with Crippen molar-refractivity contribution in [2.24, 2.45) is 0 Å². The second-order valence-electron chi connectivity index (χ2n) is 13.0. The third-order valence-corrected chi connectivity index (χ3v) is 10.4. The number of benzene rings is 2. The third-order valence-electron chi connectivity index (χ3n) is 10.4. The quantitative estimate of drug-likeness (QED) is 0.450. The summed E-state index contributed by atoms with van der Waals surface area (Å²) in [5.74, 6) is 0.000989. The second-order valence-corrected chi connectivity index (χ2v) is 13.0. The molecule has 6 heterocycles. The summed E-state index contributed by atoms with van der Waals surface area (Å²) in [5.41, 5.74) is 6.27. The number of amides is 3. The highest BCUT2D eigenvalue weighted by Gasteiger charge is 2.47. The molecule has 10 heteroatoms. The van der Waals surface area contributed by atoms with Gasteiger partial charge in [0.15, 0.2) is 0 Å². The fourth-order valence-corrected chi connectivity index (χ4v) is 7.78. The van der Waals surface area contributed by atoms with Crippen LogP contribution in [0.25, 0.3) is 11.1 Å². The molecule has 3 amide bonds. The zero-order valence-electron chi connectivity index (χ0n) is 24.8. The molecule has 3 saturated heterocycles. The van der Waals surface area contributed by atoms with Crippen LogP contribution in [0, 0.1) is 0 Å². The number of rotatable bonds is 5. The van der Waals surface area contributed by atoms with E-state index < -0.39 is 6.04 Å². The van der Waals surface area contributed by atoms with Crippen LogP contribution in [0.4, 0.5) is 0 Å². The lowest BCUT2D eigenvalue weighted by molar-refractivity contribution is -0.136. The zero-order chi connectivity index (χ0) is 29.8. The average molecular weight is 596 g/mol. The number of fused-ring (bicyclic) bond motifs is 4. The first-order chi connectivity index (χ1) is 21.5. The number of nitrogens with one attached hydrogen (secondary N) is 1. The van der Waals surface area contributed by atoms with Crippen LogP contribution in [0.15, 0.2) is 48.8 Å². The molecule has 0 bridgehead atoms. The standard InChI is InChI=1S/C34H37N5O5/c40-30-7-6-29(32(41)36-30)38-20-27-26(33(38)42)4-5-28-31(27)44-21-34(28)10-12-37(13-11-34)18-22-2-1-3-23(16-22)24-17-35-39(19-24)25-8-14-43-15-9-25/h1-5,16-17,19,25,29H,6-15,18,20-21H2,(H,36,40,41). The van der Waals surface area contributed by atoms with Gasteiger partial charge in [0.1, 0.15) is 11.8 Å². The molecule has 44 heavy (non-hydrogen) atoms. The van der Waals surface area contributed by atoms with Crippen molar-refractivity contribution >= 4 is 17.7 Å². The Morgan fingerprint density at radius 1 is 1.00 bits per heavy atom. The van der Waals surface area contributed by atoms with E-state index in [1.807, 2.05) is 12.3 Å². The Morgan fingerprint density at radius 3 is 2.66 bits per heavy atom. The van der Waals surface area contributed by atoms with E-state index in [4.69, 9.17) is 9.47 Å². The molecule has 1 unspecified atom stereocenters. The normalized spacial score (nSPS) is 23.5. The van der Waals surface area contributed by atoms with Gasteiger partial charge in [-0.2, -0.15) is 5.10 Å². The van der Waals surface area contributed by atoms with E-state index in [0.717, 1.165) is 75.4 Å². The summed E-state index contributed by atoms with van der Waals surface area (Å²) in [6.45, 7) is 5.39. The summed E-state index contributed by atoms with van der Waals surface area (Å²) in [4.78, 5) is 41.6. The van der Waals surface area contributed by atoms with Gasteiger partial charge in [0.2, 0.25) is 11.8 Å². The van der Waals surface area contributed by atoms with Gasteiger partial charge in [0.25, 0.3) is 5.91 Å². The van der Waals surface area contributed by atoms with Gasteiger partial charge in [-0.15, -0.1) is 0 Å². The molecule has 2 aromatic carbocycles. The Labute approximate surface area is 256 Å². The van der Waals surface area contributed by atoms with Gasteiger partial charge < -0.3 is 14.4 Å². The summed E-state index contributed by atoms with van der Waals surface area (Å²) < 4.78 is 14.0. The van der Waals surface area contributed by atoms with Crippen LogP contribution >= 0.6 is 0 Å². The average Bonchev–Trinajstić information content (AvgIpc) is 3.76. The van der Waals surface area contributed by atoms with Crippen LogP contribution in [-0.2, 0) is 32.8 Å². The Bertz CT molecular complexity index is 1630. The maximum atomic E-state index is 13.3. The van der Waals surface area contributed by atoms with Gasteiger partial charge >= 0.3 is 0 Å². The van der Waals surface area contributed by atoms with Crippen LogP contribution in [-0.4, -0.2) is 76.3 Å². The second kappa shape index (κ2) is 10.9. The van der Waals surface area contributed by atoms with Gasteiger partial charge in [-0.3, -0.25) is 29.3 Å². The van der Waals surface area contributed by atoms with Gasteiger partial charge in [-0.25, -0.2) is 0 Å². The largest absolute Gasteiger partial charge is 0.492 e. The lowest BCUT2D eigenvalue weighted by atomic mass is 9.74. The van der Waals surface area contributed by atoms with Crippen molar-refractivity contribution in [3.8, 4) is 16.9 Å². The first kappa shape index (κ1) is 27.5. The summed E-state index contributed by atoms with van der Waals surface area (Å²) in [6, 6.07) is 12.6. The van der Waals surface area contributed by atoms with Crippen LogP contribution < -0.4 is 10.1 Å². The van der Waals surface area contributed by atoms with Crippen molar-refractivity contribution in [1.82, 2.24) is 24.9 Å². The van der Waals surface area contributed by atoms with E-state index in [2.05, 4.69) is 56.5 Å². The Morgan fingerprint density at radius 2 is 1.84 bits per heavy atom. The summed E-state index contributed by atoms with van der Waals surface area (Å²) in [7, 11) is 0. The fraction of sp³-hybridized carbons (Fsp3) is 0.471. The van der Waals surface area contributed by atoms with Crippen molar-refractivity contribution in [2.45, 2.75) is 69.1 Å². The minimum atomic E-state index is -0.622. The SMILES string of the molecule is O=C1CCC(N2Cc3c(ccc4c3OCC43CCN(Cc4cccc(-c5cnn(C6CCOCC6)c5)c4)CC3)C2=O)C(=O)N1. The molecule has 0 aliphatic carbocycles. The molecule has 1 atom stereocenters. The first-order valence-electron chi connectivity index (χ1n) is 15.8. The smallest absolute Gasteiger partial charge is 0.255 e. The van der Waals surface area contributed by atoms with Crippen LogP contribution in [0.5, 0.6) is 5.75 Å². The van der Waals surface area contributed by atoms with Crippen molar-refractivity contribution in [3.63, 3.8) is 0 Å². The monoisotopic (exact) mass is 595 g/mol. The van der Waals surface area contributed by atoms with Crippen molar-refractivity contribution < 1.29 is 23.9 Å². The topological polar surface area (TPSA) is 106 Å². The summed E-state index contributed by atoms with van der Waals surface area (Å²) in [6.07, 6.45) is 8.74. The van der Waals surface area contributed by atoms with Gasteiger partial charge in [0.05, 0.1) is 25.4 Å². The first-order valence-corrected chi connectivity index (χ1v) is 15.8. The number of imide groups is 1. The molecule has 8 rings (SSSR count). The number of piperidine rings is 2. The number of hydrogen-bond donors (Lipinski definition) is 1. The van der Waals surface area contributed by atoms with Crippen LogP contribution in [0.3, 0.4) is 0 Å². The Balaban J connectivity index is 0.935. The lowest BCUT2D eigenvalue weighted by Gasteiger charge is -2.38. The van der Waals surface area contributed by atoms with Gasteiger partial charge in [-0.1, -0.05) is 24.3 Å². The number of hydrogen-bond acceptors (Lipinski definition) is 7. The molecule has 0 saturated carbocycles. The highest BCUT2D eigenvalue weighted by molar-refractivity contribution is 6.05. The number of carbonyl (C=O) groups excluding carboxylic acids is 3. The van der Waals surface area contributed by atoms with E-state index in [9.17, 15) is 14.4 Å². The molecule has 3 aromatic rings. The van der Waals surface area contributed by atoms with Gasteiger partial charge in [0, 0.05) is 60.0 Å². The van der Waals surface area contributed by atoms with Gasteiger partial charge in [-0.05, 0) is 68.5 Å². The van der Waals surface area contributed by atoms with E-state index in [-0.39, 0.29) is 29.6 Å². The van der Waals surface area contributed by atoms with E-state index >= 15 is 0 Å². The molecule has 10 nitrogen and oxygen atoms in total. The molecule has 3 fully saturated rings. The molecule has 228 valence electrons. The minimum absolute atomic E-state index is 0.0629. The summed E-state index contributed by atoms with van der Waals surface area (Å²) in [5, 5.41) is 7.05. The number of ether oxygens (including phenoxy) is 2. The highest BCUT2D eigenvalue weighted by atomic mass is 16.5. The maximum Gasteiger partial charge on any atom is 0.255 e. The molecular weight excluding hydrogens is 558 g/mol. The van der Waals surface area contributed by atoms with E-state index in [0.29, 0.717) is 31.2 Å². The number of aromatic nitrogens is 2. The van der Waals surface area contributed by atoms with Crippen LogP contribution in [0.1, 0.15) is 71.6 Å². The molecule has 5 aliphatic heterocycles. The summed E-state index contributed by atoms with van der Waals surface area (Å²) >= 11 is 0. The molecule has 1 spiro atoms. The minimum Gasteiger partial charge on any atom is -0.492 e. The van der Waals surface area contributed by atoms with Crippen LogP contribution in [0.2, 0.25) is 0 Å². The molecule has 5 aliphatic rings. The number of carbonyl (C=O) groups is 3. The van der Waals surface area contributed by atoms with Crippen molar-refractivity contribution in [3.05, 3.63) is 71.0 Å². The van der Waals surface area contributed by atoms with Crippen molar-refractivity contribution in [2.75, 3.05) is 32.9 Å². The molecule has 1 aromatic heterocycles. The Kier molecular flexibility index (Phi) is 6.79. The van der Waals surface area contributed by atoms with E-state index in [1.165, 1.54) is 16.7 Å². The Hall–Kier alpha value is -4.02. The molecule has 0 radical (unpaired) electrons. The highest BCUT2D eigenvalue weighted by Crippen LogP contribution is 2.49. The predicted octanol–water partition coefficient (Wildman–Crippen LogP) is 3.59. The third kappa shape index (κ3) is 4.71. The molecular formula is C34H37N5O5. The zero-order valence-corrected chi connectivity index (χ0v) is 24.8. The predicted molar refractivity (Wildman–Crippen MR) is 161 cm³/mol. The molecule has 1 N–H and O–H groups in total.